The predicted molar refractivity (Wildman–Crippen MR) is 62.5 cm³/mol. The maximum absolute atomic E-state index is 8.58. The lowest BCUT2D eigenvalue weighted by Gasteiger charge is -2.03. The summed E-state index contributed by atoms with van der Waals surface area (Å²) in [5, 5.41) is 10.6. The summed E-state index contributed by atoms with van der Waals surface area (Å²) >= 11 is 1.73. The lowest BCUT2D eigenvalue weighted by molar-refractivity contribution is 0.321. The van der Waals surface area contributed by atoms with Crippen LogP contribution in [0.5, 0.6) is 5.75 Å². The van der Waals surface area contributed by atoms with Crippen molar-refractivity contribution in [3.63, 3.8) is 0 Å². The monoisotopic (exact) mass is 230 g/mol. The molecule has 0 aliphatic carbocycles. The Bertz CT molecular complexity index is 471. The number of thiophene rings is 1. The Balaban J connectivity index is 1.83. The van der Waals surface area contributed by atoms with E-state index in [0.717, 1.165) is 6.42 Å². The average molecular weight is 230 g/mol. The van der Waals surface area contributed by atoms with Gasteiger partial charge >= 0.3 is 0 Å². The first-order valence-electron chi connectivity index (χ1n) is 4.90. The summed E-state index contributed by atoms with van der Waals surface area (Å²) in [5.74, 6) is 0.704. The Labute approximate surface area is 97.9 Å². The van der Waals surface area contributed by atoms with Crippen LogP contribution in [0, 0.1) is 11.3 Å². The fourth-order valence-electron chi connectivity index (χ4n) is 1.26. The topological polar surface area (TPSA) is 45.9 Å². The number of nitrogens with zero attached hydrogens (tertiary/aromatic N) is 2. The van der Waals surface area contributed by atoms with E-state index in [-0.39, 0.29) is 0 Å². The van der Waals surface area contributed by atoms with Gasteiger partial charge in [-0.2, -0.15) is 5.26 Å². The molecule has 0 aliphatic heterocycles. The molecule has 0 bridgehead atoms. The van der Waals surface area contributed by atoms with E-state index in [1.54, 1.807) is 29.7 Å². The highest BCUT2D eigenvalue weighted by Gasteiger charge is 1.97. The molecule has 2 aromatic rings. The van der Waals surface area contributed by atoms with Crippen LogP contribution in [0.2, 0.25) is 0 Å². The first kappa shape index (κ1) is 10.7. The first-order valence-corrected chi connectivity index (χ1v) is 5.78. The minimum Gasteiger partial charge on any atom is -0.492 e. The number of ether oxygens (including phenoxy) is 1. The van der Waals surface area contributed by atoms with Crippen molar-refractivity contribution in [1.29, 1.82) is 5.26 Å². The van der Waals surface area contributed by atoms with Gasteiger partial charge in [0.05, 0.1) is 12.8 Å². The molecule has 4 heteroatoms. The van der Waals surface area contributed by atoms with Crippen LogP contribution < -0.4 is 4.74 Å². The van der Waals surface area contributed by atoms with Crippen molar-refractivity contribution in [1.82, 2.24) is 4.98 Å². The lowest BCUT2D eigenvalue weighted by Crippen LogP contribution is -2.00. The van der Waals surface area contributed by atoms with Crippen molar-refractivity contribution in [2.45, 2.75) is 6.42 Å². The third-order valence-electron chi connectivity index (χ3n) is 2.05. The molecule has 16 heavy (non-hydrogen) atoms. The standard InChI is InChI=1S/C12H10N2OS/c13-8-10-3-4-11(9-14-10)15-6-5-12-2-1-7-16-12/h1-4,7,9H,5-6H2. The molecule has 2 heterocycles. The summed E-state index contributed by atoms with van der Waals surface area (Å²) < 4.78 is 5.51. The normalized spacial score (nSPS) is 9.69. The van der Waals surface area contributed by atoms with Crippen LogP contribution in [0.25, 0.3) is 0 Å². The third-order valence-corrected chi connectivity index (χ3v) is 2.98. The van der Waals surface area contributed by atoms with Crippen molar-refractivity contribution < 1.29 is 4.74 Å². The molecule has 0 aromatic carbocycles. The number of aromatic nitrogens is 1. The van der Waals surface area contributed by atoms with E-state index < -0.39 is 0 Å². The Morgan fingerprint density at radius 3 is 2.94 bits per heavy atom. The maximum atomic E-state index is 8.58. The van der Waals surface area contributed by atoms with Gasteiger partial charge < -0.3 is 4.74 Å². The zero-order chi connectivity index (χ0) is 11.2. The second kappa shape index (κ2) is 5.29. The van der Waals surface area contributed by atoms with Crippen LogP contribution in [0.1, 0.15) is 10.6 Å². The average Bonchev–Trinajstić information content (AvgIpc) is 2.83. The van der Waals surface area contributed by atoms with E-state index in [0.29, 0.717) is 18.1 Å². The van der Waals surface area contributed by atoms with Crippen molar-refractivity contribution in [3.8, 4) is 11.8 Å². The second-order valence-corrected chi connectivity index (χ2v) is 4.20. The highest BCUT2D eigenvalue weighted by atomic mass is 32.1. The zero-order valence-electron chi connectivity index (χ0n) is 8.59. The summed E-state index contributed by atoms with van der Waals surface area (Å²) in [6.45, 7) is 0.633. The van der Waals surface area contributed by atoms with E-state index in [1.807, 2.05) is 12.1 Å². The van der Waals surface area contributed by atoms with Crippen LogP contribution in [-0.4, -0.2) is 11.6 Å². The SMILES string of the molecule is N#Cc1ccc(OCCc2cccs2)cn1. The molecular formula is C12H10N2OS. The van der Waals surface area contributed by atoms with Crippen molar-refractivity contribution in [3.05, 3.63) is 46.4 Å². The molecule has 80 valence electrons. The van der Waals surface area contributed by atoms with Gasteiger partial charge in [0.25, 0.3) is 0 Å². The molecule has 0 aliphatic rings. The van der Waals surface area contributed by atoms with Crippen LogP contribution in [0.15, 0.2) is 35.8 Å². The molecule has 2 rings (SSSR count). The minimum atomic E-state index is 0.408. The molecule has 0 fully saturated rings. The molecule has 0 spiro atoms. The van der Waals surface area contributed by atoms with Gasteiger partial charge in [-0.25, -0.2) is 4.98 Å². The van der Waals surface area contributed by atoms with Crippen molar-refractivity contribution in [2.75, 3.05) is 6.61 Å². The van der Waals surface area contributed by atoms with E-state index >= 15 is 0 Å². The van der Waals surface area contributed by atoms with E-state index in [2.05, 4.69) is 16.4 Å². The molecule has 3 nitrogen and oxygen atoms in total. The number of hydrogen-bond acceptors (Lipinski definition) is 4. The van der Waals surface area contributed by atoms with Crippen molar-refractivity contribution in [2.24, 2.45) is 0 Å². The summed E-state index contributed by atoms with van der Waals surface area (Å²) in [6, 6.07) is 9.50. The smallest absolute Gasteiger partial charge is 0.140 e. The predicted octanol–water partition coefficient (Wildman–Crippen LogP) is 2.64. The van der Waals surface area contributed by atoms with Gasteiger partial charge in [0.2, 0.25) is 0 Å². The highest BCUT2D eigenvalue weighted by Crippen LogP contribution is 2.12. The third kappa shape index (κ3) is 2.81. The van der Waals surface area contributed by atoms with E-state index in [9.17, 15) is 0 Å². The molecule has 0 radical (unpaired) electrons. The Morgan fingerprint density at radius 1 is 1.38 bits per heavy atom. The molecule has 0 atom stereocenters. The van der Waals surface area contributed by atoms with Crippen LogP contribution >= 0.6 is 11.3 Å². The van der Waals surface area contributed by atoms with Gasteiger partial charge in [0.15, 0.2) is 0 Å². The van der Waals surface area contributed by atoms with Gasteiger partial charge in [-0.15, -0.1) is 11.3 Å². The number of rotatable bonds is 4. The number of nitriles is 1. The van der Waals surface area contributed by atoms with E-state index in [4.69, 9.17) is 10.00 Å². The van der Waals surface area contributed by atoms with Gasteiger partial charge in [-0.3, -0.25) is 0 Å². The van der Waals surface area contributed by atoms with Gasteiger partial charge in [0.1, 0.15) is 17.5 Å². The largest absolute Gasteiger partial charge is 0.492 e. The quantitative estimate of drug-likeness (QED) is 0.811. The first-order chi connectivity index (χ1) is 7.88. The highest BCUT2D eigenvalue weighted by molar-refractivity contribution is 7.09. The Kier molecular flexibility index (Phi) is 3.52. The number of pyridine rings is 1. The van der Waals surface area contributed by atoms with Gasteiger partial charge in [0, 0.05) is 11.3 Å². The minimum absolute atomic E-state index is 0.408. The fourth-order valence-corrected chi connectivity index (χ4v) is 1.95. The van der Waals surface area contributed by atoms with Crippen LogP contribution in [0.4, 0.5) is 0 Å². The van der Waals surface area contributed by atoms with Crippen LogP contribution in [-0.2, 0) is 6.42 Å². The number of hydrogen-bond donors (Lipinski definition) is 0. The molecule has 0 saturated carbocycles. The summed E-state index contributed by atoms with van der Waals surface area (Å²) in [7, 11) is 0. The Morgan fingerprint density at radius 2 is 2.31 bits per heavy atom. The van der Waals surface area contributed by atoms with Crippen molar-refractivity contribution >= 4 is 11.3 Å². The maximum Gasteiger partial charge on any atom is 0.140 e. The summed E-state index contributed by atoms with van der Waals surface area (Å²) in [6.07, 6.45) is 2.48. The van der Waals surface area contributed by atoms with Gasteiger partial charge in [-0.1, -0.05) is 6.07 Å². The molecule has 0 unspecified atom stereocenters. The zero-order valence-corrected chi connectivity index (χ0v) is 9.41. The summed E-state index contributed by atoms with van der Waals surface area (Å²) in [4.78, 5) is 5.24. The Hall–Kier alpha value is -1.86. The van der Waals surface area contributed by atoms with Gasteiger partial charge in [-0.05, 0) is 23.6 Å². The molecular weight excluding hydrogens is 220 g/mol. The molecule has 2 aromatic heterocycles. The second-order valence-electron chi connectivity index (χ2n) is 3.17. The molecule has 0 amide bonds. The molecule has 0 N–H and O–H groups in total. The fraction of sp³-hybridized carbons (Fsp3) is 0.167. The lowest BCUT2D eigenvalue weighted by atomic mass is 10.3. The summed E-state index contributed by atoms with van der Waals surface area (Å²) in [5.41, 5.74) is 0.408. The van der Waals surface area contributed by atoms with E-state index in [1.165, 1.54) is 4.88 Å². The molecule has 0 saturated heterocycles. The van der Waals surface area contributed by atoms with Crippen LogP contribution in [0.3, 0.4) is 0 Å².